The van der Waals surface area contributed by atoms with Gasteiger partial charge in [0, 0.05) is 12.2 Å². The van der Waals surface area contributed by atoms with Crippen LogP contribution >= 0.6 is 12.2 Å². The van der Waals surface area contributed by atoms with Crippen molar-refractivity contribution in [1.29, 1.82) is 0 Å². The number of hydrogen-bond acceptors (Lipinski definition) is 4. The van der Waals surface area contributed by atoms with Gasteiger partial charge in [0.2, 0.25) is 11.8 Å². The van der Waals surface area contributed by atoms with Gasteiger partial charge < -0.3 is 21.3 Å². The van der Waals surface area contributed by atoms with Gasteiger partial charge in [0.25, 0.3) is 0 Å². The Morgan fingerprint density at radius 1 is 1.27 bits per heavy atom. The Hall–Kier alpha value is -1.99. The summed E-state index contributed by atoms with van der Waals surface area (Å²) in [6, 6.07) is 8.56. The first-order valence-corrected chi connectivity index (χ1v) is 9.61. The molecule has 4 N–H and O–H groups in total. The quantitative estimate of drug-likeness (QED) is 0.391. The van der Waals surface area contributed by atoms with Crippen LogP contribution in [-0.4, -0.2) is 42.0 Å². The lowest BCUT2D eigenvalue weighted by Gasteiger charge is -2.21. The number of anilines is 1. The number of hydrogen-bond donors (Lipinski definition) is 4. The molecule has 0 bridgehead atoms. The van der Waals surface area contributed by atoms with E-state index in [1.54, 1.807) is 0 Å². The largest absolute Gasteiger partial charge is 0.380 e. The van der Waals surface area contributed by atoms with Gasteiger partial charge in [-0.15, -0.1) is 0 Å². The highest BCUT2D eigenvalue weighted by molar-refractivity contribution is 7.80. The van der Waals surface area contributed by atoms with Gasteiger partial charge in [0.15, 0.2) is 0 Å². The van der Waals surface area contributed by atoms with Crippen molar-refractivity contribution in [3.05, 3.63) is 30.3 Å². The maximum Gasteiger partial charge on any atom is 0.246 e. The molecule has 0 aromatic heterocycles. The van der Waals surface area contributed by atoms with Gasteiger partial charge in [-0.1, -0.05) is 30.4 Å². The molecule has 1 aromatic rings. The number of rotatable bonds is 9. The van der Waals surface area contributed by atoms with Gasteiger partial charge in [-0.05, 0) is 57.7 Å². The van der Waals surface area contributed by atoms with Crippen LogP contribution in [0.15, 0.2) is 30.3 Å². The topological polar surface area (TPSA) is 82.3 Å². The van der Waals surface area contributed by atoms with Crippen LogP contribution in [0.5, 0.6) is 0 Å². The molecule has 26 heavy (non-hydrogen) atoms. The average Bonchev–Trinajstić information content (AvgIpc) is 3.15. The first-order chi connectivity index (χ1) is 12.6. The molecule has 0 unspecified atom stereocenters. The third-order valence-electron chi connectivity index (χ3n) is 4.34. The summed E-state index contributed by atoms with van der Waals surface area (Å²) in [6.07, 6.45) is 4.11. The van der Waals surface area contributed by atoms with Crippen molar-refractivity contribution < 1.29 is 9.59 Å². The highest BCUT2D eigenvalue weighted by Gasteiger charge is 2.27. The van der Waals surface area contributed by atoms with E-state index in [4.69, 9.17) is 12.2 Å². The first-order valence-electron chi connectivity index (χ1n) is 9.20. The van der Waals surface area contributed by atoms with Crippen LogP contribution in [0, 0.1) is 0 Å². The molecule has 142 valence electrons. The monoisotopic (exact) mass is 376 g/mol. The SMILES string of the molecule is CC(=S)NCCCC[C@H](NC(=O)[C@@H]1CCCN1)C(=O)Nc1ccccc1. The molecular weight excluding hydrogens is 348 g/mol. The lowest BCUT2D eigenvalue weighted by molar-refractivity contribution is -0.127. The van der Waals surface area contributed by atoms with Gasteiger partial charge in [-0.2, -0.15) is 0 Å². The van der Waals surface area contributed by atoms with Crippen molar-refractivity contribution in [2.75, 3.05) is 18.4 Å². The van der Waals surface area contributed by atoms with Crippen LogP contribution in [0.1, 0.15) is 39.0 Å². The fourth-order valence-electron chi connectivity index (χ4n) is 2.94. The molecular formula is C19H28N4O2S. The lowest BCUT2D eigenvalue weighted by atomic mass is 10.1. The first kappa shape index (κ1) is 20.3. The number of benzene rings is 1. The molecule has 7 heteroatoms. The number of carbonyl (C=O) groups excluding carboxylic acids is 2. The number of carbonyl (C=O) groups is 2. The average molecular weight is 377 g/mol. The van der Waals surface area contributed by atoms with Crippen molar-refractivity contribution >= 4 is 34.7 Å². The number of nitrogens with one attached hydrogen (secondary N) is 4. The van der Waals surface area contributed by atoms with E-state index in [1.165, 1.54) is 0 Å². The van der Waals surface area contributed by atoms with Gasteiger partial charge >= 0.3 is 0 Å². The van der Waals surface area contributed by atoms with E-state index in [0.717, 1.165) is 49.4 Å². The summed E-state index contributed by atoms with van der Waals surface area (Å²) in [5.74, 6) is -0.273. The summed E-state index contributed by atoms with van der Waals surface area (Å²) < 4.78 is 0. The Morgan fingerprint density at radius 2 is 2.04 bits per heavy atom. The second-order valence-electron chi connectivity index (χ2n) is 6.54. The lowest BCUT2D eigenvalue weighted by Crippen LogP contribution is -2.49. The molecule has 2 rings (SSSR count). The van der Waals surface area contributed by atoms with Gasteiger partial charge in [-0.25, -0.2) is 0 Å². The minimum absolute atomic E-state index is 0.0939. The Balaban J connectivity index is 1.89. The summed E-state index contributed by atoms with van der Waals surface area (Å²) in [5, 5.41) is 12.1. The Kier molecular flexibility index (Phi) is 8.50. The molecule has 0 spiro atoms. The predicted molar refractivity (Wildman–Crippen MR) is 108 cm³/mol. The zero-order valence-corrected chi connectivity index (χ0v) is 16.0. The Labute approximate surface area is 160 Å². The second-order valence-corrected chi connectivity index (χ2v) is 7.16. The molecule has 1 aliphatic heterocycles. The summed E-state index contributed by atoms with van der Waals surface area (Å²) in [6.45, 7) is 3.47. The fourth-order valence-corrected chi connectivity index (χ4v) is 3.04. The van der Waals surface area contributed by atoms with Crippen molar-refractivity contribution in [2.45, 2.75) is 51.1 Å². The number of amides is 2. The molecule has 6 nitrogen and oxygen atoms in total. The number of para-hydroxylation sites is 1. The third kappa shape index (κ3) is 7.09. The second kappa shape index (κ2) is 10.9. The zero-order chi connectivity index (χ0) is 18.8. The fraction of sp³-hybridized carbons (Fsp3) is 0.526. The highest BCUT2D eigenvalue weighted by Crippen LogP contribution is 2.10. The van der Waals surface area contributed by atoms with E-state index >= 15 is 0 Å². The Bertz CT molecular complexity index is 603. The molecule has 1 heterocycles. The van der Waals surface area contributed by atoms with Crippen LogP contribution in [-0.2, 0) is 9.59 Å². The summed E-state index contributed by atoms with van der Waals surface area (Å²) in [7, 11) is 0. The van der Waals surface area contributed by atoms with Crippen molar-refractivity contribution in [2.24, 2.45) is 0 Å². The van der Waals surface area contributed by atoms with E-state index < -0.39 is 6.04 Å². The normalized spacial score (nSPS) is 17.3. The van der Waals surface area contributed by atoms with Crippen LogP contribution < -0.4 is 21.3 Å². The standard InChI is InChI=1S/C19H28N4O2S/c1-14(26)20-12-6-5-10-17(23-18(24)16-11-7-13-21-16)19(25)22-15-8-3-2-4-9-15/h2-4,8-9,16-17,21H,5-7,10-13H2,1H3,(H,20,26)(H,22,25)(H,23,24)/t16-,17-/m0/s1. The maximum absolute atomic E-state index is 12.7. The molecule has 0 aliphatic carbocycles. The van der Waals surface area contributed by atoms with Crippen molar-refractivity contribution in [1.82, 2.24) is 16.0 Å². The van der Waals surface area contributed by atoms with Crippen LogP contribution in [0.2, 0.25) is 0 Å². The molecule has 1 aliphatic rings. The predicted octanol–water partition coefficient (Wildman–Crippen LogP) is 1.97. The van der Waals surface area contributed by atoms with Crippen LogP contribution in [0.25, 0.3) is 0 Å². The summed E-state index contributed by atoms with van der Waals surface area (Å²) >= 11 is 4.99. The molecule has 1 saturated heterocycles. The van der Waals surface area contributed by atoms with Crippen molar-refractivity contribution in [3.8, 4) is 0 Å². The van der Waals surface area contributed by atoms with Gasteiger partial charge in [0.1, 0.15) is 6.04 Å². The molecule has 2 atom stereocenters. The summed E-state index contributed by atoms with van der Waals surface area (Å²) in [4.78, 5) is 25.8. The zero-order valence-electron chi connectivity index (χ0n) is 15.2. The van der Waals surface area contributed by atoms with E-state index in [-0.39, 0.29) is 17.9 Å². The maximum atomic E-state index is 12.7. The summed E-state index contributed by atoms with van der Waals surface area (Å²) in [5.41, 5.74) is 0.730. The van der Waals surface area contributed by atoms with Gasteiger partial charge in [0.05, 0.1) is 11.0 Å². The van der Waals surface area contributed by atoms with Crippen LogP contribution in [0.4, 0.5) is 5.69 Å². The minimum atomic E-state index is -0.543. The number of unbranched alkanes of at least 4 members (excludes halogenated alkanes) is 1. The third-order valence-corrected chi connectivity index (χ3v) is 4.49. The number of thiocarbonyl (C=S) groups is 1. The molecule has 1 fully saturated rings. The molecule has 1 aromatic carbocycles. The van der Waals surface area contributed by atoms with Crippen molar-refractivity contribution in [3.63, 3.8) is 0 Å². The van der Waals surface area contributed by atoms with Crippen LogP contribution in [0.3, 0.4) is 0 Å². The molecule has 0 saturated carbocycles. The van der Waals surface area contributed by atoms with E-state index in [9.17, 15) is 9.59 Å². The Morgan fingerprint density at radius 3 is 2.69 bits per heavy atom. The van der Waals surface area contributed by atoms with E-state index in [2.05, 4.69) is 21.3 Å². The molecule has 0 radical (unpaired) electrons. The van der Waals surface area contributed by atoms with E-state index in [1.807, 2.05) is 37.3 Å². The highest BCUT2D eigenvalue weighted by atomic mass is 32.1. The smallest absolute Gasteiger partial charge is 0.246 e. The minimum Gasteiger partial charge on any atom is -0.380 e. The van der Waals surface area contributed by atoms with Gasteiger partial charge in [-0.3, -0.25) is 9.59 Å². The molecule has 2 amide bonds. The van der Waals surface area contributed by atoms with E-state index in [0.29, 0.717) is 6.42 Å².